The van der Waals surface area contributed by atoms with Gasteiger partial charge >= 0.3 is 0 Å². The molecule has 0 atom stereocenters. The number of nitrogens with zero attached hydrogens (tertiary/aromatic N) is 1. The lowest BCUT2D eigenvalue weighted by Crippen LogP contribution is -1.82. The molecule has 0 fully saturated rings. The summed E-state index contributed by atoms with van der Waals surface area (Å²) in [5, 5.41) is 3.61. The van der Waals surface area contributed by atoms with Gasteiger partial charge in [-0.15, -0.1) is 0 Å². The van der Waals surface area contributed by atoms with E-state index >= 15 is 0 Å². The highest BCUT2D eigenvalue weighted by Gasteiger charge is 2.01. The van der Waals surface area contributed by atoms with Gasteiger partial charge in [-0.1, -0.05) is 72.8 Å². The normalized spacial score (nSPS) is 11.5. The van der Waals surface area contributed by atoms with Crippen LogP contribution in [0.1, 0.15) is 11.1 Å². The van der Waals surface area contributed by atoms with E-state index in [1.165, 1.54) is 27.3 Å². The molecule has 0 N–H and O–H groups in total. The highest BCUT2D eigenvalue weighted by Crippen LogP contribution is 2.25. The monoisotopic (exact) mass is 281 g/mol. The Morgan fingerprint density at radius 3 is 2.32 bits per heavy atom. The van der Waals surface area contributed by atoms with Crippen molar-refractivity contribution in [1.82, 2.24) is 4.98 Å². The van der Waals surface area contributed by atoms with Crippen LogP contribution in [0.25, 0.3) is 33.8 Å². The molecule has 1 nitrogen and oxygen atoms in total. The highest BCUT2D eigenvalue weighted by atomic mass is 14.6. The van der Waals surface area contributed by atoms with Gasteiger partial charge in [0.15, 0.2) is 0 Å². The molecule has 0 saturated heterocycles. The first-order chi connectivity index (χ1) is 10.9. The zero-order chi connectivity index (χ0) is 14.8. The van der Waals surface area contributed by atoms with Crippen LogP contribution in [-0.2, 0) is 0 Å². The molecule has 0 aliphatic rings. The second-order valence-corrected chi connectivity index (χ2v) is 5.37. The topological polar surface area (TPSA) is 12.9 Å². The summed E-state index contributed by atoms with van der Waals surface area (Å²) in [6.07, 6.45) is 6.14. The second-order valence-electron chi connectivity index (χ2n) is 5.37. The Morgan fingerprint density at radius 2 is 1.41 bits per heavy atom. The Hall–Kier alpha value is -2.93. The van der Waals surface area contributed by atoms with Crippen molar-refractivity contribution >= 4 is 33.8 Å². The smallest absolute Gasteiger partial charge is 0.0780 e. The average molecular weight is 281 g/mol. The third-order valence-electron chi connectivity index (χ3n) is 3.88. The predicted molar refractivity (Wildman–Crippen MR) is 94.6 cm³/mol. The van der Waals surface area contributed by atoms with E-state index in [0.717, 1.165) is 5.52 Å². The lowest BCUT2D eigenvalue weighted by atomic mass is 10.0. The number of pyridine rings is 1. The van der Waals surface area contributed by atoms with E-state index in [1.54, 1.807) is 0 Å². The molecule has 0 spiro atoms. The van der Waals surface area contributed by atoms with Crippen LogP contribution in [0.4, 0.5) is 0 Å². The molecule has 1 heteroatoms. The zero-order valence-corrected chi connectivity index (χ0v) is 12.1. The lowest BCUT2D eigenvalue weighted by molar-refractivity contribution is 1.43. The van der Waals surface area contributed by atoms with Crippen molar-refractivity contribution in [2.24, 2.45) is 0 Å². The lowest BCUT2D eigenvalue weighted by Gasteiger charge is -2.04. The Bertz CT molecular complexity index is 969. The molecule has 0 aliphatic carbocycles. The molecule has 3 aromatic carbocycles. The first-order valence-corrected chi connectivity index (χ1v) is 7.41. The summed E-state index contributed by atoms with van der Waals surface area (Å²) in [6.45, 7) is 0. The van der Waals surface area contributed by atoms with Crippen LogP contribution in [0.5, 0.6) is 0 Å². The van der Waals surface area contributed by atoms with Crippen molar-refractivity contribution in [2.45, 2.75) is 0 Å². The number of hydrogen-bond donors (Lipinski definition) is 0. The number of hydrogen-bond acceptors (Lipinski definition) is 1. The van der Waals surface area contributed by atoms with E-state index in [4.69, 9.17) is 0 Å². The molecule has 1 aromatic heterocycles. The standard InChI is InChI=1S/C21H15N/c1-2-5-16(6-3-1)8-9-17-10-11-18-12-13-19-7-4-14-22-21(19)20(18)15-17/h1-15H/b9-8+. The molecule has 0 saturated carbocycles. The SMILES string of the molecule is C(=C\c1ccc2ccc3cccnc3c2c1)/c1ccccc1. The van der Waals surface area contributed by atoms with Crippen LogP contribution in [0.15, 0.2) is 79.0 Å². The second kappa shape index (κ2) is 5.45. The molecular formula is C21H15N. The maximum atomic E-state index is 4.54. The van der Waals surface area contributed by atoms with E-state index < -0.39 is 0 Å². The van der Waals surface area contributed by atoms with E-state index in [0.29, 0.717) is 0 Å². The molecule has 0 radical (unpaired) electrons. The van der Waals surface area contributed by atoms with Crippen molar-refractivity contribution in [3.63, 3.8) is 0 Å². The first kappa shape index (κ1) is 12.8. The van der Waals surface area contributed by atoms with Crippen LogP contribution in [-0.4, -0.2) is 4.98 Å². The van der Waals surface area contributed by atoms with Gasteiger partial charge in [0, 0.05) is 17.0 Å². The molecule has 0 unspecified atom stereocenters. The van der Waals surface area contributed by atoms with Gasteiger partial charge in [-0.05, 0) is 28.6 Å². The van der Waals surface area contributed by atoms with Crippen LogP contribution in [0.3, 0.4) is 0 Å². The van der Waals surface area contributed by atoms with Crippen molar-refractivity contribution in [3.05, 3.63) is 90.1 Å². The van der Waals surface area contributed by atoms with Gasteiger partial charge in [0.1, 0.15) is 0 Å². The molecule has 0 bridgehead atoms. The average Bonchev–Trinajstić information content (AvgIpc) is 2.60. The molecule has 4 rings (SSSR count). The summed E-state index contributed by atoms with van der Waals surface area (Å²) in [5.74, 6) is 0. The van der Waals surface area contributed by atoms with Crippen LogP contribution < -0.4 is 0 Å². The summed E-state index contributed by atoms with van der Waals surface area (Å²) in [7, 11) is 0. The predicted octanol–water partition coefficient (Wildman–Crippen LogP) is 5.56. The fraction of sp³-hybridized carbons (Fsp3) is 0. The molecule has 0 aliphatic heterocycles. The van der Waals surface area contributed by atoms with Gasteiger partial charge in [0.05, 0.1) is 5.52 Å². The molecule has 1 heterocycles. The minimum atomic E-state index is 1.06. The quantitative estimate of drug-likeness (QED) is 0.346. The van der Waals surface area contributed by atoms with Crippen molar-refractivity contribution < 1.29 is 0 Å². The largest absolute Gasteiger partial charge is 0.256 e. The molecule has 4 aromatic rings. The fourth-order valence-electron chi connectivity index (χ4n) is 2.74. The van der Waals surface area contributed by atoms with Gasteiger partial charge in [0.25, 0.3) is 0 Å². The van der Waals surface area contributed by atoms with E-state index in [-0.39, 0.29) is 0 Å². The molecule has 0 amide bonds. The molecule has 104 valence electrons. The van der Waals surface area contributed by atoms with Crippen LogP contribution >= 0.6 is 0 Å². The Balaban J connectivity index is 1.83. The van der Waals surface area contributed by atoms with Gasteiger partial charge < -0.3 is 0 Å². The summed E-state index contributed by atoms with van der Waals surface area (Å²) < 4.78 is 0. The van der Waals surface area contributed by atoms with Gasteiger partial charge in [-0.3, -0.25) is 4.98 Å². The summed E-state index contributed by atoms with van der Waals surface area (Å²) in [6, 6.07) is 25.2. The first-order valence-electron chi connectivity index (χ1n) is 7.41. The minimum Gasteiger partial charge on any atom is -0.256 e. The molecular weight excluding hydrogens is 266 g/mol. The Labute approximate surface area is 129 Å². The maximum absolute atomic E-state index is 4.54. The highest BCUT2D eigenvalue weighted by molar-refractivity contribution is 6.05. The third kappa shape index (κ3) is 2.38. The maximum Gasteiger partial charge on any atom is 0.0780 e. The van der Waals surface area contributed by atoms with Crippen molar-refractivity contribution in [2.75, 3.05) is 0 Å². The van der Waals surface area contributed by atoms with Gasteiger partial charge in [0.2, 0.25) is 0 Å². The fourth-order valence-corrected chi connectivity index (χ4v) is 2.74. The Kier molecular flexibility index (Phi) is 3.17. The summed E-state index contributed by atoms with van der Waals surface area (Å²) in [5.41, 5.74) is 3.46. The van der Waals surface area contributed by atoms with Gasteiger partial charge in [-0.25, -0.2) is 0 Å². The Morgan fingerprint density at radius 1 is 0.636 bits per heavy atom. The van der Waals surface area contributed by atoms with E-state index in [2.05, 4.69) is 77.8 Å². The summed E-state index contributed by atoms with van der Waals surface area (Å²) in [4.78, 5) is 4.54. The van der Waals surface area contributed by atoms with Crippen LogP contribution in [0.2, 0.25) is 0 Å². The van der Waals surface area contributed by atoms with E-state index in [1.807, 2.05) is 18.3 Å². The zero-order valence-electron chi connectivity index (χ0n) is 12.1. The van der Waals surface area contributed by atoms with Gasteiger partial charge in [-0.2, -0.15) is 0 Å². The van der Waals surface area contributed by atoms with Crippen molar-refractivity contribution in [1.29, 1.82) is 0 Å². The van der Waals surface area contributed by atoms with Crippen molar-refractivity contribution in [3.8, 4) is 0 Å². The number of rotatable bonds is 2. The third-order valence-corrected chi connectivity index (χ3v) is 3.88. The molecule has 22 heavy (non-hydrogen) atoms. The summed E-state index contributed by atoms with van der Waals surface area (Å²) >= 11 is 0. The number of benzene rings is 3. The van der Waals surface area contributed by atoms with E-state index in [9.17, 15) is 0 Å². The minimum absolute atomic E-state index is 1.06. The van der Waals surface area contributed by atoms with Crippen LogP contribution in [0, 0.1) is 0 Å². The number of fused-ring (bicyclic) bond motifs is 3. The number of aromatic nitrogens is 1.